The predicted octanol–water partition coefficient (Wildman–Crippen LogP) is 28.2. The molecule has 0 saturated carbocycles. The van der Waals surface area contributed by atoms with Gasteiger partial charge in [0.1, 0.15) is 67.3 Å². The molecule has 12 aromatic carbocycles. The molecule has 0 spiro atoms. The molecule has 8 heterocycles. The summed E-state index contributed by atoms with van der Waals surface area (Å²) in [6.45, 7) is 48.0. The Balaban J connectivity index is 0.000000117. The lowest BCUT2D eigenvalue weighted by Crippen LogP contribution is -2.30. The molecule has 0 bridgehead atoms. The first-order chi connectivity index (χ1) is 59.9. The van der Waals surface area contributed by atoms with Crippen molar-refractivity contribution in [3.63, 3.8) is 0 Å². The number of aryl methyl sites for hydroxylation is 16. The monoisotopic (exact) mass is 1610 g/mol. The Hall–Kier alpha value is -15.6. The number of hydrogen-bond donors (Lipinski definition) is 0. The van der Waals surface area contributed by atoms with E-state index < -0.39 is 0 Å². The van der Waals surface area contributed by atoms with E-state index in [0.717, 1.165) is 172 Å². The summed E-state index contributed by atoms with van der Waals surface area (Å²) in [5.74, 6) is 0. The second-order valence-corrected chi connectivity index (χ2v) is 32.9. The summed E-state index contributed by atoms with van der Waals surface area (Å²) in [6, 6.07) is 85.5. The van der Waals surface area contributed by atoms with Gasteiger partial charge in [0.15, 0.2) is 41.7 Å². The number of hydrogen-bond acceptors (Lipinski definition) is 5. The maximum Gasteiger partial charge on any atom is 0.229 e. The van der Waals surface area contributed by atoms with Crippen LogP contribution in [0.2, 0.25) is 0 Å². The lowest BCUT2D eigenvalue weighted by molar-refractivity contribution is -0.660. The Kier molecular flexibility index (Phi) is 21.4. The van der Waals surface area contributed by atoms with E-state index in [0.29, 0.717) is 28.2 Å². The minimum Gasteiger partial charge on any atom is -0.466 e. The Morgan fingerprint density at radius 1 is 0.266 bits per heavy atom. The van der Waals surface area contributed by atoms with Gasteiger partial charge in [0.05, 0.1) is 53.6 Å². The Morgan fingerprint density at radius 3 is 1.07 bits per heavy atom. The van der Waals surface area contributed by atoms with Crippen LogP contribution in [0.4, 0.5) is 17.1 Å². The van der Waals surface area contributed by atoms with Crippen molar-refractivity contribution in [2.24, 2.45) is 28.2 Å². The number of pyridine rings is 4. The van der Waals surface area contributed by atoms with E-state index in [4.69, 9.17) is 37.4 Å². The molecule has 0 fully saturated rings. The van der Waals surface area contributed by atoms with Crippen molar-refractivity contribution >= 4 is 105 Å². The second-order valence-electron chi connectivity index (χ2n) is 32.9. The van der Waals surface area contributed by atoms with Crippen molar-refractivity contribution in [2.75, 3.05) is 0 Å². The largest absolute Gasteiger partial charge is 0.466 e. The molecular weight excluding hydrogens is 1520 g/mol. The van der Waals surface area contributed by atoms with Crippen molar-refractivity contribution in [2.45, 2.75) is 83.1 Å². The fourth-order valence-electron chi connectivity index (χ4n) is 18.4. The van der Waals surface area contributed by atoms with Crippen molar-refractivity contribution in [3.8, 4) is 95.6 Å². The number of rotatable bonds is 8. The number of nitrogens with zero attached hydrogens (tertiary/aromatic N) is 8. The molecule has 124 heavy (non-hydrogen) atoms. The summed E-state index contributed by atoms with van der Waals surface area (Å²) in [5.41, 5.74) is 41.1. The van der Waals surface area contributed by atoms with E-state index in [1.54, 1.807) is 0 Å². The zero-order valence-electron chi connectivity index (χ0n) is 72.6. The first-order valence-electron chi connectivity index (χ1n) is 41.5. The minimum atomic E-state index is 0.543. The lowest BCUT2D eigenvalue weighted by atomic mass is 9.90. The Labute approximate surface area is 722 Å². The van der Waals surface area contributed by atoms with Gasteiger partial charge in [-0.3, -0.25) is 0 Å². The lowest BCUT2D eigenvalue weighted by Gasteiger charge is -2.13. The summed E-state index contributed by atoms with van der Waals surface area (Å²) in [5, 5.41) is 18.1. The SMILES string of the molecule is Cc1ccc(-c2cccc3oc4c(-c5cccc[n+]5C)c(C)cc(C#N)c4c23)c(C)c1.[C-]#[N+]c1ccc2c(c1)oc1c(-c3cccc[n+]3C)c(C)cc(-c3ccc(C)cc3C)c12.[C-]#[N+]c1ccc2oc3c(-c4cccc[n+]4C)c(C)cc(-c4ccc(C)cc4C)c3c2c1.[C-]#[N+]c1cccc2c1oc1c(-c3cccc[n+]3C)c(C)cc(-c3ccc(C)cc3C)c12. The predicted molar refractivity (Wildman–Crippen MR) is 503 cm³/mol. The fraction of sp³-hybridized carbons (Fsp3) is 0.143. The van der Waals surface area contributed by atoms with Crippen molar-refractivity contribution in [1.29, 1.82) is 5.26 Å². The van der Waals surface area contributed by atoms with Crippen LogP contribution in [0.5, 0.6) is 0 Å². The molecule has 0 aliphatic heterocycles. The van der Waals surface area contributed by atoms with E-state index in [1.165, 1.54) is 66.8 Å². The highest BCUT2D eigenvalue weighted by atomic mass is 16.3. The first-order valence-corrected chi connectivity index (χ1v) is 41.5. The maximum absolute atomic E-state index is 10.0. The molecule has 0 aliphatic carbocycles. The highest BCUT2D eigenvalue weighted by molar-refractivity contribution is 6.22. The molecule has 0 N–H and O–H groups in total. The number of furan rings is 4. The quantitative estimate of drug-likeness (QED) is 0.111. The van der Waals surface area contributed by atoms with E-state index in [9.17, 15) is 5.26 Å². The third-order valence-electron chi connectivity index (χ3n) is 24.2. The highest BCUT2D eigenvalue weighted by Gasteiger charge is 2.31. The van der Waals surface area contributed by atoms with E-state index in [-0.39, 0.29) is 0 Å². The number of para-hydroxylation sites is 1. The van der Waals surface area contributed by atoms with E-state index in [1.807, 2.05) is 137 Å². The van der Waals surface area contributed by atoms with Crippen LogP contribution < -0.4 is 18.3 Å². The molecule has 0 aliphatic rings. The average molecular weight is 1610 g/mol. The molecule has 12 heteroatoms. The Morgan fingerprint density at radius 2 is 0.645 bits per heavy atom. The van der Waals surface area contributed by atoms with Crippen LogP contribution in [0.3, 0.4) is 0 Å². The van der Waals surface area contributed by atoms with Gasteiger partial charge in [-0.15, -0.1) is 0 Å². The zero-order valence-corrected chi connectivity index (χ0v) is 72.6. The third kappa shape index (κ3) is 14.4. The number of nitriles is 1. The van der Waals surface area contributed by atoms with Gasteiger partial charge < -0.3 is 17.7 Å². The standard InChI is InChI=1S/4C28H23N2O/c1-17-12-13-20(18(2)15-17)22-16-19(3)25(24-11-6-7-14-30(24)5)28-26(22)21-9-8-10-23(29-4)27(21)31-28;1-17-9-11-21(18(2)14-17)22-15-19(3)26(24-8-6-7-13-30(24)5)28-27(22)23-16-20(29-4)10-12-25(23)31-28;1-17-9-11-21(18(2)14-17)23-15-19(3)26(24-8-6-7-13-30(24)5)28-27(23)22-12-10-20(29-4)16-25(22)31-28;1-17-11-12-21(18(2)14-17)22-8-7-10-24-27(22)26-20(16-29)15-19(3)25(28(26)31-24)23-9-5-6-13-30(23)4/h3*6-16H,1-3,5H3;5-15H,1-4H3/q4*+1. The van der Waals surface area contributed by atoms with Crippen molar-refractivity contribution < 1.29 is 35.9 Å². The van der Waals surface area contributed by atoms with Gasteiger partial charge in [-0.25, -0.2) is 32.8 Å². The van der Waals surface area contributed by atoms with Crippen LogP contribution >= 0.6 is 0 Å². The zero-order chi connectivity index (χ0) is 86.8. The maximum atomic E-state index is 10.0. The first kappa shape index (κ1) is 80.8. The third-order valence-corrected chi connectivity index (χ3v) is 24.2. The van der Waals surface area contributed by atoms with Crippen LogP contribution in [0.25, 0.3) is 192 Å². The molecule has 0 atom stereocenters. The molecule has 600 valence electrons. The van der Waals surface area contributed by atoms with Gasteiger partial charge in [0, 0.05) is 91.6 Å². The second kappa shape index (κ2) is 32.8. The number of benzene rings is 12. The normalized spacial score (nSPS) is 11.2. The number of aromatic nitrogens is 4. The molecule has 0 amide bonds. The molecule has 12 nitrogen and oxygen atoms in total. The Bertz CT molecular complexity index is 7880. The smallest absolute Gasteiger partial charge is 0.229 e. The number of fused-ring (bicyclic) bond motifs is 12. The average Bonchev–Trinajstić information content (AvgIpc) is 1.58. The molecule has 0 saturated heterocycles. The minimum absolute atomic E-state index is 0.543. The van der Waals surface area contributed by atoms with Crippen LogP contribution in [-0.4, -0.2) is 0 Å². The van der Waals surface area contributed by atoms with Crippen LogP contribution in [-0.2, 0) is 28.2 Å². The molecule has 20 rings (SSSR count). The van der Waals surface area contributed by atoms with Gasteiger partial charge in [-0.05, 0) is 245 Å². The molecule has 8 aromatic heterocycles. The van der Waals surface area contributed by atoms with Crippen LogP contribution in [0.15, 0.2) is 285 Å². The molecule has 0 unspecified atom stereocenters. The highest BCUT2D eigenvalue weighted by Crippen LogP contribution is 2.50. The van der Waals surface area contributed by atoms with E-state index in [2.05, 4.69) is 281 Å². The van der Waals surface area contributed by atoms with Crippen LogP contribution in [0, 0.1) is 114 Å². The molecule has 0 radical (unpaired) electrons. The summed E-state index contributed by atoms with van der Waals surface area (Å²) < 4.78 is 34.4. The van der Waals surface area contributed by atoms with Gasteiger partial charge in [-0.2, -0.15) is 5.26 Å². The topological polar surface area (TPSA) is 105 Å². The summed E-state index contributed by atoms with van der Waals surface area (Å²) in [6.07, 6.45) is 8.19. The van der Waals surface area contributed by atoms with Gasteiger partial charge in [0.25, 0.3) is 0 Å². The molecular formula is C112H92N8O4+4. The fourth-order valence-corrected chi connectivity index (χ4v) is 18.4. The van der Waals surface area contributed by atoms with Gasteiger partial charge in [0.2, 0.25) is 28.5 Å². The molecule has 20 aromatic rings. The van der Waals surface area contributed by atoms with Gasteiger partial charge >= 0.3 is 0 Å². The van der Waals surface area contributed by atoms with Crippen molar-refractivity contribution in [3.05, 3.63) is 374 Å². The van der Waals surface area contributed by atoms with Crippen molar-refractivity contribution in [1.82, 2.24) is 0 Å². The summed E-state index contributed by atoms with van der Waals surface area (Å²) in [7, 11) is 8.19. The van der Waals surface area contributed by atoms with Gasteiger partial charge in [-0.1, -0.05) is 144 Å². The summed E-state index contributed by atoms with van der Waals surface area (Å²) in [4.78, 5) is 11.0. The summed E-state index contributed by atoms with van der Waals surface area (Å²) >= 11 is 0. The van der Waals surface area contributed by atoms with Crippen LogP contribution in [0.1, 0.15) is 72.3 Å². The van der Waals surface area contributed by atoms with E-state index >= 15 is 0 Å².